The second-order valence-corrected chi connectivity index (χ2v) is 4.73. The van der Waals surface area contributed by atoms with Gasteiger partial charge in [-0.05, 0) is 30.5 Å². The van der Waals surface area contributed by atoms with Gasteiger partial charge in [-0.1, -0.05) is 44.1 Å². The quantitative estimate of drug-likeness (QED) is 0.396. The first-order valence-electron chi connectivity index (χ1n) is 6.87. The maximum Gasteiger partial charge on any atom is 0.119 e. The van der Waals surface area contributed by atoms with E-state index in [1.54, 1.807) is 0 Å². The van der Waals surface area contributed by atoms with Crippen LogP contribution in [0.3, 0.4) is 0 Å². The second kappa shape index (κ2) is 7.22. The van der Waals surface area contributed by atoms with Gasteiger partial charge in [-0.2, -0.15) is 0 Å². The molecule has 1 saturated heterocycles. The van der Waals surface area contributed by atoms with E-state index in [0.717, 1.165) is 18.8 Å². The van der Waals surface area contributed by atoms with E-state index in [9.17, 15) is 0 Å². The number of benzene rings is 1. The highest BCUT2D eigenvalue weighted by Gasteiger charge is 2.22. The molecule has 0 bridgehead atoms. The van der Waals surface area contributed by atoms with Crippen molar-refractivity contribution in [2.45, 2.75) is 38.7 Å². The maximum absolute atomic E-state index is 5.60. The Kier molecular flexibility index (Phi) is 5.28. The molecule has 1 heterocycles. The van der Waals surface area contributed by atoms with Crippen LogP contribution in [0.5, 0.6) is 5.75 Å². The molecule has 98 valence electrons. The summed E-state index contributed by atoms with van der Waals surface area (Å²) in [6.07, 6.45) is 9.61. The molecule has 18 heavy (non-hydrogen) atoms. The molecular formula is C16H22O2. The third-order valence-electron chi connectivity index (χ3n) is 3.01. The van der Waals surface area contributed by atoms with Gasteiger partial charge in [0.25, 0.3) is 0 Å². The van der Waals surface area contributed by atoms with Gasteiger partial charge in [0.1, 0.15) is 18.5 Å². The van der Waals surface area contributed by atoms with Crippen LogP contribution in [0.4, 0.5) is 0 Å². The number of hydrogen-bond donors (Lipinski definition) is 0. The number of epoxide rings is 1. The van der Waals surface area contributed by atoms with Crippen molar-refractivity contribution in [3.8, 4) is 5.75 Å². The molecule has 2 nitrogen and oxygen atoms in total. The molecule has 1 aliphatic rings. The van der Waals surface area contributed by atoms with Gasteiger partial charge in [0.2, 0.25) is 0 Å². The molecule has 1 atom stereocenters. The van der Waals surface area contributed by atoms with E-state index in [2.05, 4.69) is 31.2 Å². The third kappa shape index (κ3) is 4.92. The van der Waals surface area contributed by atoms with E-state index < -0.39 is 0 Å². The minimum absolute atomic E-state index is 0.325. The summed E-state index contributed by atoms with van der Waals surface area (Å²) in [5, 5.41) is 0. The molecule has 2 heteroatoms. The lowest BCUT2D eigenvalue weighted by Gasteiger charge is -2.04. The smallest absolute Gasteiger partial charge is 0.119 e. The van der Waals surface area contributed by atoms with Crippen molar-refractivity contribution in [2.24, 2.45) is 0 Å². The Bertz CT molecular complexity index is 363. The molecule has 1 aliphatic heterocycles. The van der Waals surface area contributed by atoms with Crippen molar-refractivity contribution in [3.63, 3.8) is 0 Å². The van der Waals surface area contributed by atoms with E-state index in [1.165, 1.54) is 24.8 Å². The van der Waals surface area contributed by atoms with E-state index >= 15 is 0 Å². The minimum Gasteiger partial charge on any atom is -0.491 e. The highest BCUT2D eigenvalue weighted by Crippen LogP contribution is 2.16. The van der Waals surface area contributed by atoms with Crippen LogP contribution in [0, 0.1) is 0 Å². The van der Waals surface area contributed by atoms with Crippen LogP contribution >= 0.6 is 0 Å². The molecule has 0 aliphatic carbocycles. The summed E-state index contributed by atoms with van der Waals surface area (Å²) in [4.78, 5) is 0. The Labute approximate surface area is 110 Å². The highest BCUT2D eigenvalue weighted by atomic mass is 16.6. The van der Waals surface area contributed by atoms with Crippen molar-refractivity contribution in [3.05, 3.63) is 42.0 Å². The molecule has 0 radical (unpaired) electrons. The number of hydrogen-bond acceptors (Lipinski definition) is 2. The minimum atomic E-state index is 0.325. The lowest BCUT2D eigenvalue weighted by molar-refractivity contribution is 0.263. The van der Waals surface area contributed by atoms with Crippen molar-refractivity contribution in [2.75, 3.05) is 13.2 Å². The topological polar surface area (TPSA) is 21.8 Å². The molecule has 2 rings (SSSR count). The van der Waals surface area contributed by atoms with Gasteiger partial charge in [0.15, 0.2) is 0 Å². The third-order valence-corrected chi connectivity index (χ3v) is 3.01. The fourth-order valence-corrected chi connectivity index (χ4v) is 1.73. The Hall–Kier alpha value is -1.28. The van der Waals surface area contributed by atoms with E-state index in [0.29, 0.717) is 12.7 Å². The number of ether oxygens (including phenoxy) is 2. The summed E-state index contributed by atoms with van der Waals surface area (Å²) >= 11 is 0. The average Bonchev–Trinajstić information content (AvgIpc) is 3.22. The first-order chi connectivity index (χ1) is 8.88. The fraction of sp³-hybridized carbons (Fsp3) is 0.500. The van der Waals surface area contributed by atoms with Crippen molar-refractivity contribution >= 4 is 0 Å². The highest BCUT2D eigenvalue weighted by molar-refractivity contribution is 5.28. The summed E-state index contributed by atoms with van der Waals surface area (Å²) in [6, 6.07) is 8.34. The zero-order chi connectivity index (χ0) is 12.6. The zero-order valence-corrected chi connectivity index (χ0v) is 11.1. The summed E-state index contributed by atoms with van der Waals surface area (Å²) in [5.41, 5.74) is 1.33. The zero-order valence-electron chi connectivity index (χ0n) is 11.1. The van der Waals surface area contributed by atoms with Crippen LogP contribution in [-0.4, -0.2) is 19.3 Å². The number of rotatable bonds is 8. The molecule has 0 N–H and O–H groups in total. The lowest BCUT2D eigenvalue weighted by atomic mass is 10.1. The molecule has 0 spiro atoms. The molecule has 1 fully saturated rings. The standard InChI is InChI=1S/C16H22O2/c1-2-3-4-5-6-7-14-8-10-15(11-9-14)17-12-16-13-18-16/h5-6,8-11,16H,2-4,7,12-13H2,1H3/b6-5+. The van der Waals surface area contributed by atoms with Gasteiger partial charge in [-0.3, -0.25) is 0 Å². The summed E-state index contributed by atoms with van der Waals surface area (Å²) < 4.78 is 10.7. The van der Waals surface area contributed by atoms with E-state index in [-0.39, 0.29) is 0 Å². The van der Waals surface area contributed by atoms with Gasteiger partial charge in [0, 0.05) is 0 Å². The Morgan fingerprint density at radius 3 is 2.72 bits per heavy atom. The van der Waals surface area contributed by atoms with Crippen LogP contribution in [-0.2, 0) is 11.2 Å². The first-order valence-corrected chi connectivity index (χ1v) is 6.87. The fourth-order valence-electron chi connectivity index (χ4n) is 1.73. The van der Waals surface area contributed by atoms with Crippen LogP contribution in [0.2, 0.25) is 0 Å². The summed E-state index contributed by atoms with van der Waals surface area (Å²) in [6.45, 7) is 3.75. The largest absolute Gasteiger partial charge is 0.491 e. The van der Waals surface area contributed by atoms with Gasteiger partial charge in [-0.15, -0.1) is 0 Å². The first kappa shape index (κ1) is 13.2. The van der Waals surface area contributed by atoms with Crippen LogP contribution in [0.15, 0.2) is 36.4 Å². The molecule has 1 unspecified atom stereocenters. The lowest BCUT2D eigenvalue weighted by Crippen LogP contribution is -2.03. The predicted molar refractivity (Wildman–Crippen MR) is 74.0 cm³/mol. The Morgan fingerprint density at radius 1 is 1.28 bits per heavy atom. The summed E-state index contributed by atoms with van der Waals surface area (Å²) in [5.74, 6) is 0.934. The SMILES string of the molecule is CCCC/C=C/Cc1ccc(OCC2CO2)cc1. The van der Waals surface area contributed by atoms with E-state index in [4.69, 9.17) is 9.47 Å². The van der Waals surface area contributed by atoms with Gasteiger partial charge >= 0.3 is 0 Å². The van der Waals surface area contributed by atoms with E-state index in [1.807, 2.05) is 12.1 Å². The van der Waals surface area contributed by atoms with Crippen molar-refractivity contribution in [1.29, 1.82) is 0 Å². The summed E-state index contributed by atoms with van der Waals surface area (Å²) in [7, 11) is 0. The van der Waals surface area contributed by atoms with Gasteiger partial charge in [0.05, 0.1) is 6.61 Å². The van der Waals surface area contributed by atoms with Gasteiger partial charge in [-0.25, -0.2) is 0 Å². The monoisotopic (exact) mass is 246 g/mol. The normalized spacial score (nSPS) is 18.2. The second-order valence-electron chi connectivity index (χ2n) is 4.73. The molecule has 1 aromatic rings. The average molecular weight is 246 g/mol. The maximum atomic E-state index is 5.60. The molecule has 0 amide bonds. The van der Waals surface area contributed by atoms with Crippen LogP contribution < -0.4 is 4.74 Å². The molecule has 1 aromatic carbocycles. The van der Waals surface area contributed by atoms with Gasteiger partial charge < -0.3 is 9.47 Å². The molecule has 0 aromatic heterocycles. The number of allylic oxidation sites excluding steroid dienone is 2. The number of unbranched alkanes of at least 4 members (excludes halogenated alkanes) is 2. The van der Waals surface area contributed by atoms with Crippen LogP contribution in [0.25, 0.3) is 0 Å². The van der Waals surface area contributed by atoms with Crippen LogP contribution in [0.1, 0.15) is 31.7 Å². The Balaban J connectivity index is 1.70. The molecular weight excluding hydrogens is 224 g/mol. The Morgan fingerprint density at radius 2 is 2.06 bits per heavy atom. The predicted octanol–water partition coefficient (Wildman–Crippen LogP) is 3.75. The van der Waals surface area contributed by atoms with Crippen molar-refractivity contribution < 1.29 is 9.47 Å². The van der Waals surface area contributed by atoms with Crippen molar-refractivity contribution in [1.82, 2.24) is 0 Å². The molecule has 0 saturated carbocycles.